The van der Waals surface area contributed by atoms with Crippen molar-refractivity contribution in [3.63, 3.8) is 0 Å². The van der Waals surface area contributed by atoms with E-state index >= 15 is 0 Å². The summed E-state index contributed by atoms with van der Waals surface area (Å²) in [6.07, 6.45) is 1.53. The standard InChI is InChI=1S/C14H14O3/c1-3-9-14(10(2)17-13(14)16)12(15)11-7-5-4-6-8-11/h3-8,10H,1,9H2,2H3/t10-,14-/m0/s1. The van der Waals surface area contributed by atoms with Crippen LogP contribution in [0.2, 0.25) is 0 Å². The van der Waals surface area contributed by atoms with Gasteiger partial charge in [-0.25, -0.2) is 0 Å². The zero-order chi connectivity index (χ0) is 12.5. The van der Waals surface area contributed by atoms with Gasteiger partial charge < -0.3 is 4.74 Å². The molecule has 1 aliphatic heterocycles. The van der Waals surface area contributed by atoms with Crippen molar-refractivity contribution in [1.29, 1.82) is 0 Å². The largest absolute Gasteiger partial charge is 0.460 e. The summed E-state index contributed by atoms with van der Waals surface area (Å²) in [5, 5.41) is 0. The first-order valence-corrected chi connectivity index (χ1v) is 5.54. The lowest BCUT2D eigenvalue weighted by atomic mass is 9.70. The summed E-state index contributed by atoms with van der Waals surface area (Å²) in [4.78, 5) is 24.1. The Morgan fingerprint density at radius 2 is 2.12 bits per heavy atom. The molecule has 3 heteroatoms. The Kier molecular flexibility index (Phi) is 2.84. The predicted octanol–water partition coefficient (Wildman–Crippen LogP) is 2.38. The summed E-state index contributed by atoms with van der Waals surface area (Å²) >= 11 is 0. The molecule has 1 aromatic carbocycles. The van der Waals surface area contributed by atoms with Gasteiger partial charge in [-0.05, 0) is 13.3 Å². The molecule has 2 rings (SSSR count). The average Bonchev–Trinajstić information content (AvgIpc) is 2.36. The Hall–Kier alpha value is -1.90. The molecule has 17 heavy (non-hydrogen) atoms. The Balaban J connectivity index is 2.39. The Bertz CT molecular complexity index is 464. The van der Waals surface area contributed by atoms with E-state index in [4.69, 9.17) is 4.74 Å². The van der Waals surface area contributed by atoms with Crippen LogP contribution in [-0.2, 0) is 9.53 Å². The summed E-state index contributed by atoms with van der Waals surface area (Å²) in [5.74, 6) is -0.625. The van der Waals surface area contributed by atoms with Crippen LogP contribution in [0.1, 0.15) is 23.7 Å². The van der Waals surface area contributed by atoms with E-state index in [1.54, 1.807) is 37.3 Å². The van der Waals surface area contributed by atoms with Crippen molar-refractivity contribution in [3.05, 3.63) is 48.6 Å². The lowest BCUT2D eigenvalue weighted by Crippen LogP contribution is -2.59. The Morgan fingerprint density at radius 3 is 2.59 bits per heavy atom. The zero-order valence-corrected chi connectivity index (χ0v) is 9.68. The summed E-state index contributed by atoms with van der Waals surface area (Å²) in [7, 11) is 0. The number of ketones is 1. The first kappa shape index (κ1) is 11.6. The molecule has 0 aliphatic carbocycles. The number of ether oxygens (including phenoxy) is 1. The molecule has 0 amide bonds. The van der Waals surface area contributed by atoms with Gasteiger partial charge in [0.1, 0.15) is 6.10 Å². The van der Waals surface area contributed by atoms with Crippen LogP contribution in [0, 0.1) is 5.41 Å². The second kappa shape index (κ2) is 4.17. The number of carbonyl (C=O) groups is 2. The highest BCUT2D eigenvalue weighted by Crippen LogP contribution is 2.42. The molecular weight excluding hydrogens is 216 g/mol. The van der Waals surface area contributed by atoms with Gasteiger partial charge >= 0.3 is 5.97 Å². The van der Waals surface area contributed by atoms with Gasteiger partial charge in [-0.3, -0.25) is 9.59 Å². The van der Waals surface area contributed by atoms with Crippen LogP contribution in [0.4, 0.5) is 0 Å². The van der Waals surface area contributed by atoms with Crippen molar-refractivity contribution >= 4 is 11.8 Å². The molecule has 0 bridgehead atoms. The van der Waals surface area contributed by atoms with Crippen molar-refractivity contribution in [3.8, 4) is 0 Å². The van der Waals surface area contributed by atoms with E-state index in [1.807, 2.05) is 6.07 Å². The second-order valence-electron chi connectivity index (χ2n) is 4.21. The van der Waals surface area contributed by atoms with E-state index in [1.165, 1.54) is 0 Å². The third kappa shape index (κ3) is 1.58. The average molecular weight is 230 g/mol. The van der Waals surface area contributed by atoms with Gasteiger partial charge in [0, 0.05) is 5.56 Å². The third-order valence-corrected chi connectivity index (χ3v) is 3.25. The molecule has 1 heterocycles. The predicted molar refractivity (Wildman–Crippen MR) is 63.6 cm³/mol. The summed E-state index contributed by atoms with van der Waals surface area (Å²) in [6.45, 7) is 5.35. The van der Waals surface area contributed by atoms with E-state index in [9.17, 15) is 9.59 Å². The van der Waals surface area contributed by atoms with Crippen molar-refractivity contribution in [2.75, 3.05) is 0 Å². The number of carbonyl (C=O) groups excluding carboxylic acids is 2. The molecule has 0 N–H and O–H groups in total. The van der Waals surface area contributed by atoms with E-state index in [2.05, 4.69) is 6.58 Å². The van der Waals surface area contributed by atoms with E-state index in [-0.39, 0.29) is 11.9 Å². The zero-order valence-electron chi connectivity index (χ0n) is 9.68. The maximum atomic E-state index is 12.4. The molecule has 2 atom stereocenters. The van der Waals surface area contributed by atoms with Crippen molar-refractivity contribution in [1.82, 2.24) is 0 Å². The Labute approximate surface area is 100 Å². The fraction of sp³-hybridized carbons (Fsp3) is 0.286. The first-order chi connectivity index (χ1) is 8.13. The highest BCUT2D eigenvalue weighted by Gasteiger charge is 2.60. The molecule has 0 aromatic heterocycles. The second-order valence-corrected chi connectivity index (χ2v) is 4.21. The van der Waals surface area contributed by atoms with Gasteiger partial charge in [-0.1, -0.05) is 36.4 Å². The number of cyclic esters (lactones) is 1. The third-order valence-electron chi connectivity index (χ3n) is 3.25. The van der Waals surface area contributed by atoms with Crippen LogP contribution in [0.3, 0.4) is 0 Å². The van der Waals surface area contributed by atoms with Crippen LogP contribution < -0.4 is 0 Å². The number of allylic oxidation sites excluding steroid dienone is 1. The normalized spacial score (nSPS) is 26.9. The number of Topliss-reactive ketones (excluding diaryl/α,β-unsaturated/α-hetero) is 1. The maximum Gasteiger partial charge on any atom is 0.324 e. The quantitative estimate of drug-likeness (QED) is 0.345. The molecule has 0 spiro atoms. The first-order valence-electron chi connectivity index (χ1n) is 5.54. The molecule has 1 fully saturated rings. The SMILES string of the molecule is C=CC[C@]1(C(=O)c2ccccc2)C(=O)O[C@H]1C. The topological polar surface area (TPSA) is 43.4 Å². The molecule has 3 nitrogen and oxygen atoms in total. The van der Waals surface area contributed by atoms with Gasteiger partial charge in [0.05, 0.1) is 0 Å². The Morgan fingerprint density at radius 1 is 1.47 bits per heavy atom. The molecule has 1 saturated heterocycles. The highest BCUT2D eigenvalue weighted by molar-refractivity contribution is 6.15. The van der Waals surface area contributed by atoms with E-state index in [0.29, 0.717) is 12.0 Å². The van der Waals surface area contributed by atoms with Crippen LogP contribution in [0.5, 0.6) is 0 Å². The molecule has 1 aliphatic rings. The number of esters is 1. The van der Waals surface area contributed by atoms with Gasteiger partial charge in [-0.2, -0.15) is 0 Å². The summed E-state index contributed by atoms with van der Waals surface area (Å²) in [6, 6.07) is 8.82. The number of benzene rings is 1. The van der Waals surface area contributed by atoms with Gasteiger partial charge in [0.25, 0.3) is 0 Å². The fourth-order valence-electron chi connectivity index (χ4n) is 2.17. The van der Waals surface area contributed by atoms with Gasteiger partial charge in [-0.15, -0.1) is 6.58 Å². The number of hydrogen-bond acceptors (Lipinski definition) is 3. The van der Waals surface area contributed by atoms with Crippen LogP contribution >= 0.6 is 0 Å². The van der Waals surface area contributed by atoms with Crippen molar-refractivity contribution < 1.29 is 14.3 Å². The maximum absolute atomic E-state index is 12.4. The van der Waals surface area contributed by atoms with E-state index in [0.717, 1.165) is 0 Å². The van der Waals surface area contributed by atoms with Gasteiger partial charge in [0.15, 0.2) is 11.2 Å². The minimum Gasteiger partial charge on any atom is -0.460 e. The van der Waals surface area contributed by atoms with Crippen LogP contribution in [0.15, 0.2) is 43.0 Å². The molecule has 88 valence electrons. The molecule has 0 saturated carbocycles. The monoisotopic (exact) mass is 230 g/mol. The number of hydrogen-bond donors (Lipinski definition) is 0. The molecule has 0 unspecified atom stereocenters. The lowest BCUT2D eigenvalue weighted by molar-refractivity contribution is -0.193. The van der Waals surface area contributed by atoms with Crippen molar-refractivity contribution in [2.24, 2.45) is 5.41 Å². The summed E-state index contributed by atoms with van der Waals surface area (Å²) in [5.41, 5.74) is -0.527. The van der Waals surface area contributed by atoms with E-state index < -0.39 is 11.4 Å². The molecule has 1 aromatic rings. The van der Waals surface area contributed by atoms with Crippen molar-refractivity contribution in [2.45, 2.75) is 19.4 Å². The summed E-state index contributed by atoms with van der Waals surface area (Å²) < 4.78 is 4.94. The van der Waals surface area contributed by atoms with Gasteiger partial charge in [0.2, 0.25) is 0 Å². The molecule has 0 radical (unpaired) electrons. The van der Waals surface area contributed by atoms with Crippen LogP contribution in [0.25, 0.3) is 0 Å². The molecular formula is C14H14O3. The minimum atomic E-state index is -1.07. The fourth-order valence-corrected chi connectivity index (χ4v) is 2.17. The highest BCUT2D eigenvalue weighted by atomic mass is 16.6. The number of rotatable bonds is 4. The lowest BCUT2D eigenvalue weighted by Gasteiger charge is -2.43. The van der Waals surface area contributed by atoms with Crippen LogP contribution in [-0.4, -0.2) is 17.9 Å². The smallest absolute Gasteiger partial charge is 0.324 e. The minimum absolute atomic E-state index is 0.179.